The van der Waals surface area contributed by atoms with E-state index in [2.05, 4.69) is 10.3 Å². The van der Waals surface area contributed by atoms with Gasteiger partial charge in [-0.2, -0.15) is 0 Å². The Hall–Kier alpha value is -2.48. The number of nitro groups is 1. The van der Waals surface area contributed by atoms with Crippen molar-refractivity contribution in [1.29, 1.82) is 0 Å². The number of rotatable bonds is 3. The standard InChI is InChI=1S/C11H9N3O4S/c1-6-9(19-11(16)12-6)10(15)13-7-3-2-4-8(5-7)14(17)18/h2-5H,1H3,(H,12,16)(H,13,15). The van der Waals surface area contributed by atoms with Crippen molar-refractivity contribution in [3.63, 3.8) is 0 Å². The average molecular weight is 279 g/mol. The highest BCUT2D eigenvalue weighted by Gasteiger charge is 2.14. The molecule has 0 fully saturated rings. The largest absolute Gasteiger partial charge is 0.321 e. The van der Waals surface area contributed by atoms with Crippen LogP contribution < -0.4 is 10.2 Å². The molecule has 0 bridgehead atoms. The monoisotopic (exact) mass is 279 g/mol. The van der Waals surface area contributed by atoms with Crippen LogP contribution in [0.4, 0.5) is 11.4 Å². The molecule has 98 valence electrons. The van der Waals surface area contributed by atoms with E-state index in [0.717, 1.165) is 11.3 Å². The highest BCUT2D eigenvalue weighted by atomic mass is 32.1. The lowest BCUT2D eigenvalue weighted by Crippen LogP contribution is -2.11. The number of hydrogen-bond donors (Lipinski definition) is 2. The van der Waals surface area contributed by atoms with E-state index in [9.17, 15) is 19.7 Å². The number of aromatic nitrogens is 1. The minimum atomic E-state index is -0.546. The number of H-pyrrole nitrogens is 1. The summed E-state index contributed by atoms with van der Waals surface area (Å²) in [5.41, 5.74) is 0.661. The van der Waals surface area contributed by atoms with Crippen molar-refractivity contribution in [1.82, 2.24) is 4.98 Å². The summed E-state index contributed by atoms with van der Waals surface area (Å²) in [4.78, 5) is 35.5. The van der Waals surface area contributed by atoms with Crippen LogP contribution in [0, 0.1) is 17.0 Å². The molecular weight excluding hydrogens is 270 g/mol. The predicted molar refractivity (Wildman–Crippen MR) is 70.7 cm³/mol. The Morgan fingerprint density at radius 1 is 1.47 bits per heavy atom. The predicted octanol–water partition coefficient (Wildman–Crippen LogP) is 1.91. The van der Waals surface area contributed by atoms with Gasteiger partial charge in [0.05, 0.1) is 4.92 Å². The minimum absolute atomic E-state index is 0.114. The second kappa shape index (κ2) is 5.02. The van der Waals surface area contributed by atoms with Crippen molar-refractivity contribution in [3.05, 3.63) is 54.6 Å². The number of carbonyl (C=O) groups excluding carboxylic acids is 1. The van der Waals surface area contributed by atoms with Crippen LogP contribution in [0.15, 0.2) is 29.1 Å². The Labute approximate surface area is 111 Å². The lowest BCUT2D eigenvalue weighted by molar-refractivity contribution is -0.384. The number of aromatic amines is 1. The van der Waals surface area contributed by atoms with Crippen molar-refractivity contribution in [2.75, 3.05) is 5.32 Å². The Morgan fingerprint density at radius 2 is 2.21 bits per heavy atom. The van der Waals surface area contributed by atoms with Crippen LogP contribution in [0.25, 0.3) is 0 Å². The van der Waals surface area contributed by atoms with Gasteiger partial charge in [-0.25, -0.2) is 0 Å². The Kier molecular flexibility index (Phi) is 3.43. The molecule has 1 heterocycles. The van der Waals surface area contributed by atoms with Gasteiger partial charge in [-0.15, -0.1) is 0 Å². The van der Waals surface area contributed by atoms with Crippen LogP contribution in [0.2, 0.25) is 0 Å². The summed E-state index contributed by atoms with van der Waals surface area (Å²) in [5.74, 6) is -0.471. The molecule has 0 saturated carbocycles. The summed E-state index contributed by atoms with van der Waals surface area (Å²) in [6, 6.07) is 5.59. The first kappa shape index (κ1) is 13.0. The van der Waals surface area contributed by atoms with Crippen LogP contribution in [-0.2, 0) is 0 Å². The Morgan fingerprint density at radius 3 is 2.79 bits per heavy atom. The summed E-state index contributed by atoms with van der Waals surface area (Å²) in [7, 11) is 0. The van der Waals surface area contributed by atoms with Crippen molar-refractivity contribution >= 4 is 28.6 Å². The molecule has 8 heteroatoms. The lowest BCUT2D eigenvalue weighted by Gasteiger charge is -2.03. The van der Waals surface area contributed by atoms with Gasteiger partial charge in [-0.3, -0.25) is 19.7 Å². The van der Waals surface area contributed by atoms with Crippen molar-refractivity contribution in [3.8, 4) is 0 Å². The zero-order chi connectivity index (χ0) is 14.0. The van der Waals surface area contributed by atoms with Gasteiger partial charge in [0.25, 0.3) is 11.6 Å². The summed E-state index contributed by atoms with van der Waals surface area (Å²) in [6.45, 7) is 1.61. The molecule has 19 heavy (non-hydrogen) atoms. The normalized spacial score (nSPS) is 10.2. The number of thiazole rings is 1. The molecule has 0 unspecified atom stereocenters. The summed E-state index contributed by atoms with van der Waals surface area (Å²) in [5, 5.41) is 13.1. The van der Waals surface area contributed by atoms with Gasteiger partial charge in [0, 0.05) is 23.5 Å². The zero-order valence-corrected chi connectivity index (χ0v) is 10.6. The van der Waals surface area contributed by atoms with Gasteiger partial charge in [0.1, 0.15) is 4.88 Å². The number of nitrogens with one attached hydrogen (secondary N) is 2. The molecule has 2 aromatic rings. The fourth-order valence-corrected chi connectivity index (χ4v) is 2.24. The quantitative estimate of drug-likeness (QED) is 0.661. The maximum atomic E-state index is 11.9. The Balaban J connectivity index is 2.24. The molecule has 0 spiro atoms. The maximum absolute atomic E-state index is 11.9. The molecule has 2 rings (SSSR count). The van der Waals surface area contributed by atoms with Crippen molar-refractivity contribution < 1.29 is 9.72 Å². The second-order valence-electron chi connectivity index (χ2n) is 3.73. The zero-order valence-electron chi connectivity index (χ0n) is 9.80. The molecule has 1 aromatic heterocycles. The Bertz CT molecular complexity index is 704. The third-order valence-corrected chi connectivity index (χ3v) is 3.33. The minimum Gasteiger partial charge on any atom is -0.321 e. The molecule has 0 aliphatic rings. The fourth-order valence-electron chi connectivity index (χ4n) is 1.51. The van der Waals surface area contributed by atoms with Crippen molar-refractivity contribution in [2.24, 2.45) is 0 Å². The van der Waals surface area contributed by atoms with E-state index in [1.54, 1.807) is 6.92 Å². The topological polar surface area (TPSA) is 105 Å². The molecule has 0 saturated heterocycles. The van der Waals surface area contributed by atoms with Gasteiger partial charge in [-0.05, 0) is 13.0 Å². The number of hydrogen-bond acceptors (Lipinski definition) is 5. The third kappa shape index (κ3) is 2.86. The van der Waals surface area contributed by atoms with Gasteiger partial charge in [-0.1, -0.05) is 17.4 Å². The molecule has 0 atom stereocenters. The molecule has 2 N–H and O–H groups in total. The summed E-state index contributed by atoms with van der Waals surface area (Å²) < 4.78 is 0. The van der Waals surface area contributed by atoms with Crippen LogP contribution in [0.3, 0.4) is 0 Å². The number of benzene rings is 1. The average Bonchev–Trinajstić information content (AvgIpc) is 2.69. The summed E-state index contributed by atoms with van der Waals surface area (Å²) >= 11 is 0.795. The smallest absolute Gasteiger partial charge is 0.305 e. The first-order valence-corrected chi connectivity index (χ1v) is 6.04. The third-order valence-electron chi connectivity index (χ3n) is 2.35. The molecule has 1 amide bonds. The molecule has 7 nitrogen and oxygen atoms in total. The molecule has 0 aliphatic carbocycles. The number of aryl methyl sites for hydroxylation is 1. The van der Waals surface area contributed by atoms with Gasteiger partial charge < -0.3 is 10.3 Å². The van der Waals surface area contributed by atoms with E-state index in [4.69, 9.17) is 0 Å². The first-order chi connectivity index (χ1) is 8.97. The summed E-state index contributed by atoms with van der Waals surface area (Å²) in [6.07, 6.45) is 0. The van der Waals surface area contributed by atoms with E-state index < -0.39 is 10.8 Å². The van der Waals surface area contributed by atoms with Crippen LogP contribution in [0.5, 0.6) is 0 Å². The van der Waals surface area contributed by atoms with E-state index in [0.29, 0.717) is 11.4 Å². The fraction of sp³-hybridized carbons (Fsp3) is 0.0909. The number of non-ortho nitro benzene ring substituents is 1. The maximum Gasteiger partial charge on any atom is 0.305 e. The SMILES string of the molecule is Cc1[nH]c(=O)sc1C(=O)Nc1cccc([N+](=O)[O-])c1. The van der Waals surface area contributed by atoms with Crippen LogP contribution >= 0.6 is 11.3 Å². The number of nitrogens with zero attached hydrogens (tertiary/aromatic N) is 1. The molecule has 1 aromatic carbocycles. The van der Waals surface area contributed by atoms with E-state index in [-0.39, 0.29) is 15.4 Å². The van der Waals surface area contributed by atoms with E-state index >= 15 is 0 Å². The molecule has 0 aliphatic heterocycles. The first-order valence-electron chi connectivity index (χ1n) is 5.23. The van der Waals surface area contributed by atoms with Gasteiger partial charge >= 0.3 is 4.87 Å². The number of nitro benzene ring substituents is 1. The van der Waals surface area contributed by atoms with Gasteiger partial charge in [0.15, 0.2) is 0 Å². The number of carbonyl (C=O) groups is 1. The highest BCUT2D eigenvalue weighted by molar-refractivity contribution is 7.11. The van der Waals surface area contributed by atoms with Crippen LogP contribution in [0.1, 0.15) is 15.4 Å². The van der Waals surface area contributed by atoms with Crippen molar-refractivity contribution in [2.45, 2.75) is 6.92 Å². The van der Waals surface area contributed by atoms with E-state index in [1.165, 1.54) is 24.3 Å². The highest BCUT2D eigenvalue weighted by Crippen LogP contribution is 2.18. The second-order valence-corrected chi connectivity index (χ2v) is 4.71. The molecular formula is C11H9N3O4S. The number of anilines is 1. The van der Waals surface area contributed by atoms with Gasteiger partial charge in [0.2, 0.25) is 0 Å². The number of amides is 1. The molecule has 0 radical (unpaired) electrons. The lowest BCUT2D eigenvalue weighted by atomic mass is 10.2. The van der Waals surface area contributed by atoms with Crippen LogP contribution in [-0.4, -0.2) is 15.8 Å². The van der Waals surface area contributed by atoms with E-state index in [1.807, 2.05) is 0 Å².